The second kappa shape index (κ2) is 6.43. The minimum Gasteiger partial charge on any atom is -0.447 e. The van der Waals surface area contributed by atoms with E-state index in [1.165, 1.54) is 0 Å². The molecule has 0 spiro atoms. The highest BCUT2D eigenvalue weighted by Gasteiger charge is 2.02. The summed E-state index contributed by atoms with van der Waals surface area (Å²) in [5.41, 5.74) is 1.47. The average Bonchev–Trinajstić information content (AvgIpc) is 2.29. The Morgan fingerprint density at radius 1 is 1.44 bits per heavy atom. The standard InChI is InChI=1S/C11H12N2O3/c12-6-5-9-1-3-10(4-2-9)13-11(15)16-8-7-14/h1-4,14H,5,7-8H2,(H,13,15). The molecule has 5 heteroatoms. The molecule has 0 atom stereocenters. The molecule has 0 saturated heterocycles. The number of nitriles is 1. The summed E-state index contributed by atoms with van der Waals surface area (Å²) < 4.78 is 4.62. The molecule has 0 unspecified atom stereocenters. The van der Waals surface area contributed by atoms with Crippen molar-refractivity contribution in [3.8, 4) is 6.07 Å². The lowest BCUT2D eigenvalue weighted by atomic mass is 10.1. The zero-order valence-corrected chi connectivity index (χ0v) is 8.64. The highest BCUT2D eigenvalue weighted by Crippen LogP contribution is 2.10. The van der Waals surface area contributed by atoms with Gasteiger partial charge in [-0.25, -0.2) is 4.79 Å². The molecule has 0 aliphatic rings. The fraction of sp³-hybridized carbons (Fsp3) is 0.273. The molecule has 0 heterocycles. The van der Waals surface area contributed by atoms with Crippen LogP contribution in [0.25, 0.3) is 0 Å². The first-order valence-electron chi connectivity index (χ1n) is 4.77. The molecular formula is C11H12N2O3. The van der Waals surface area contributed by atoms with Gasteiger partial charge in [0.2, 0.25) is 0 Å². The third kappa shape index (κ3) is 3.98. The van der Waals surface area contributed by atoms with Crippen molar-refractivity contribution >= 4 is 11.8 Å². The summed E-state index contributed by atoms with van der Waals surface area (Å²) in [6.07, 6.45) is -0.267. The quantitative estimate of drug-likeness (QED) is 0.801. The third-order valence-electron chi connectivity index (χ3n) is 1.81. The van der Waals surface area contributed by atoms with Gasteiger partial charge >= 0.3 is 6.09 Å². The van der Waals surface area contributed by atoms with Gasteiger partial charge in [-0.05, 0) is 17.7 Å². The summed E-state index contributed by atoms with van der Waals surface area (Å²) in [6.45, 7) is -0.229. The first-order chi connectivity index (χ1) is 7.76. The van der Waals surface area contributed by atoms with E-state index < -0.39 is 6.09 Å². The number of ether oxygens (including phenoxy) is 1. The van der Waals surface area contributed by atoms with Gasteiger partial charge in [-0.3, -0.25) is 5.32 Å². The molecule has 0 saturated carbocycles. The Bertz CT molecular complexity index is 381. The maximum Gasteiger partial charge on any atom is 0.411 e. The van der Waals surface area contributed by atoms with E-state index in [-0.39, 0.29) is 13.2 Å². The summed E-state index contributed by atoms with van der Waals surface area (Å²) in [7, 11) is 0. The fourth-order valence-corrected chi connectivity index (χ4v) is 1.09. The SMILES string of the molecule is N#CCc1ccc(NC(=O)OCCO)cc1. The average molecular weight is 220 g/mol. The van der Waals surface area contributed by atoms with E-state index in [1.54, 1.807) is 24.3 Å². The summed E-state index contributed by atoms with van der Waals surface area (Å²) in [6, 6.07) is 8.92. The highest BCUT2D eigenvalue weighted by molar-refractivity contribution is 5.84. The Kier molecular flexibility index (Phi) is 4.83. The molecule has 0 radical (unpaired) electrons. The molecule has 1 rings (SSSR count). The largest absolute Gasteiger partial charge is 0.447 e. The van der Waals surface area contributed by atoms with E-state index >= 15 is 0 Å². The van der Waals surface area contributed by atoms with E-state index in [0.717, 1.165) is 5.56 Å². The Morgan fingerprint density at radius 2 is 2.12 bits per heavy atom. The van der Waals surface area contributed by atoms with Crippen LogP contribution in [0.5, 0.6) is 0 Å². The molecule has 84 valence electrons. The van der Waals surface area contributed by atoms with Gasteiger partial charge in [0.05, 0.1) is 19.1 Å². The van der Waals surface area contributed by atoms with Crippen LogP contribution in [0.3, 0.4) is 0 Å². The van der Waals surface area contributed by atoms with Crippen molar-refractivity contribution in [1.29, 1.82) is 5.26 Å². The van der Waals surface area contributed by atoms with E-state index in [9.17, 15) is 4.79 Å². The summed E-state index contributed by atoms with van der Waals surface area (Å²) in [4.78, 5) is 11.1. The lowest BCUT2D eigenvalue weighted by Gasteiger charge is -2.05. The molecule has 16 heavy (non-hydrogen) atoms. The second-order valence-corrected chi connectivity index (χ2v) is 3.02. The van der Waals surface area contributed by atoms with Crippen LogP contribution >= 0.6 is 0 Å². The first kappa shape index (κ1) is 12.0. The zero-order chi connectivity index (χ0) is 11.8. The predicted molar refractivity (Wildman–Crippen MR) is 57.8 cm³/mol. The molecule has 1 aromatic rings. The summed E-state index contributed by atoms with van der Waals surface area (Å²) in [5.74, 6) is 0. The Hall–Kier alpha value is -2.06. The predicted octanol–water partition coefficient (Wildman–Crippen LogP) is 1.29. The van der Waals surface area contributed by atoms with Gasteiger partial charge in [0.1, 0.15) is 6.61 Å². The number of carbonyl (C=O) groups excluding carboxylic acids is 1. The van der Waals surface area contributed by atoms with Crippen LogP contribution in [0.15, 0.2) is 24.3 Å². The van der Waals surface area contributed by atoms with Gasteiger partial charge < -0.3 is 9.84 Å². The van der Waals surface area contributed by atoms with Gasteiger partial charge in [-0.2, -0.15) is 5.26 Å². The molecule has 0 aliphatic carbocycles. The van der Waals surface area contributed by atoms with E-state index in [0.29, 0.717) is 12.1 Å². The van der Waals surface area contributed by atoms with Crippen molar-refractivity contribution in [2.75, 3.05) is 18.5 Å². The number of amides is 1. The molecule has 0 fully saturated rings. The van der Waals surface area contributed by atoms with Crippen molar-refractivity contribution < 1.29 is 14.6 Å². The summed E-state index contributed by atoms with van der Waals surface area (Å²) in [5, 5.41) is 19.4. The van der Waals surface area contributed by atoms with Crippen molar-refractivity contribution in [2.45, 2.75) is 6.42 Å². The van der Waals surface area contributed by atoms with E-state index in [1.807, 2.05) is 6.07 Å². The number of aliphatic hydroxyl groups excluding tert-OH is 1. The number of anilines is 1. The fourth-order valence-electron chi connectivity index (χ4n) is 1.09. The van der Waals surface area contributed by atoms with Crippen molar-refractivity contribution in [1.82, 2.24) is 0 Å². The number of rotatable bonds is 4. The molecule has 1 amide bonds. The number of nitrogens with one attached hydrogen (secondary N) is 1. The second-order valence-electron chi connectivity index (χ2n) is 3.02. The smallest absolute Gasteiger partial charge is 0.411 e. The third-order valence-corrected chi connectivity index (χ3v) is 1.81. The van der Waals surface area contributed by atoms with Crippen LogP contribution in [-0.2, 0) is 11.2 Å². The number of hydrogen-bond acceptors (Lipinski definition) is 4. The highest BCUT2D eigenvalue weighted by atomic mass is 16.6. The van der Waals surface area contributed by atoms with E-state index in [4.69, 9.17) is 10.4 Å². The molecule has 0 aliphatic heterocycles. The van der Waals surface area contributed by atoms with Crippen molar-refractivity contribution in [3.05, 3.63) is 29.8 Å². The van der Waals surface area contributed by atoms with E-state index in [2.05, 4.69) is 10.1 Å². The van der Waals surface area contributed by atoms with Gasteiger partial charge in [-0.15, -0.1) is 0 Å². The molecule has 0 bridgehead atoms. The number of carbonyl (C=O) groups is 1. The summed E-state index contributed by atoms with van der Waals surface area (Å²) >= 11 is 0. The maximum absolute atomic E-state index is 11.1. The van der Waals surface area contributed by atoms with Crippen LogP contribution in [0.2, 0.25) is 0 Å². The Labute approximate surface area is 93.3 Å². The first-order valence-corrected chi connectivity index (χ1v) is 4.77. The van der Waals surface area contributed by atoms with Crippen LogP contribution in [0.4, 0.5) is 10.5 Å². The molecule has 1 aromatic carbocycles. The number of hydrogen-bond donors (Lipinski definition) is 2. The lowest BCUT2D eigenvalue weighted by molar-refractivity contribution is 0.131. The Balaban J connectivity index is 2.49. The number of nitrogens with zero attached hydrogens (tertiary/aromatic N) is 1. The normalized spacial score (nSPS) is 9.25. The van der Waals surface area contributed by atoms with Crippen LogP contribution < -0.4 is 5.32 Å². The van der Waals surface area contributed by atoms with Gasteiger partial charge in [0, 0.05) is 5.69 Å². The maximum atomic E-state index is 11.1. The monoisotopic (exact) mass is 220 g/mol. The van der Waals surface area contributed by atoms with Gasteiger partial charge in [0.25, 0.3) is 0 Å². The van der Waals surface area contributed by atoms with Gasteiger partial charge in [-0.1, -0.05) is 12.1 Å². The molecule has 2 N–H and O–H groups in total. The topological polar surface area (TPSA) is 82.4 Å². The van der Waals surface area contributed by atoms with Crippen molar-refractivity contribution in [2.24, 2.45) is 0 Å². The van der Waals surface area contributed by atoms with Crippen molar-refractivity contribution in [3.63, 3.8) is 0 Å². The number of benzene rings is 1. The zero-order valence-electron chi connectivity index (χ0n) is 8.64. The van der Waals surface area contributed by atoms with Gasteiger partial charge in [0.15, 0.2) is 0 Å². The van der Waals surface area contributed by atoms with Crippen LogP contribution in [0.1, 0.15) is 5.56 Å². The van der Waals surface area contributed by atoms with Crippen LogP contribution in [-0.4, -0.2) is 24.4 Å². The number of aliphatic hydroxyl groups is 1. The molecule has 5 nitrogen and oxygen atoms in total. The van der Waals surface area contributed by atoms with Crippen LogP contribution in [0, 0.1) is 11.3 Å². The minimum atomic E-state index is -0.609. The Morgan fingerprint density at radius 3 is 2.69 bits per heavy atom. The molecular weight excluding hydrogens is 208 g/mol. The lowest BCUT2D eigenvalue weighted by Crippen LogP contribution is -2.15. The molecule has 0 aromatic heterocycles. The minimum absolute atomic E-state index is 0.0294.